The molecule has 0 bridgehead atoms. The fourth-order valence-electron chi connectivity index (χ4n) is 2.29. The Bertz CT molecular complexity index is 824. The normalized spacial score (nSPS) is 12.0. The molecule has 156 valence electrons. The van der Waals surface area contributed by atoms with Crippen molar-refractivity contribution in [3.63, 3.8) is 0 Å². The first-order valence-corrected chi connectivity index (χ1v) is 8.52. The number of carbonyl (C=O) groups is 2. The molecule has 0 fully saturated rings. The number of carbonyl (C=O) groups excluding carboxylic acids is 2. The van der Waals surface area contributed by atoms with E-state index in [-0.39, 0.29) is 12.2 Å². The van der Waals surface area contributed by atoms with Gasteiger partial charge in [-0.05, 0) is 42.3 Å². The summed E-state index contributed by atoms with van der Waals surface area (Å²) in [5.41, 5.74) is 5.61. The molecule has 0 heterocycles. The Balaban J connectivity index is 1.76. The number of ether oxygens (including phenoxy) is 1. The van der Waals surface area contributed by atoms with Gasteiger partial charge in [-0.2, -0.15) is 13.2 Å². The quantitative estimate of drug-likeness (QED) is 0.502. The molecule has 10 heteroatoms. The van der Waals surface area contributed by atoms with Crippen molar-refractivity contribution in [1.29, 1.82) is 0 Å². The minimum atomic E-state index is -4.42. The Morgan fingerprint density at radius 3 is 2.21 bits per heavy atom. The molecule has 2 aromatic carbocycles. The summed E-state index contributed by atoms with van der Waals surface area (Å²) in [5, 5.41) is 2.56. The Hall–Kier alpha value is -3.30. The van der Waals surface area contributed by atoms with Gasteiger partial charge >= 0.3 is 12.2 Å². The summed E-state index contributed by atoms with van der Waals surface area (Å²) in [5.74, 6) is -0.859. The van der Waals surface area contributed by atoms with Crippen molar-refractivity contribution in [2.75, 3.05) is 6.61 Å². The van der Waals surface area contributed by atoms with Crippen LogP contribution in [0.3, 0.4) is 0 Å². The van der Waals surface area contributed by atoms with E-state index >= 15 is 0 Å². The summed E-state index contributed by atoms with van der Waals surface area (Å²) in [6.07, 6.45) is -4.47. The van der Waals surface area contributed by atoms with Crippen LogP contribution in [0.5, 0.6) is 5.75 Å². The van der Waals surface area contributed by atoms with Gasteiger partial charge in [0.05, 0.1) is 12.5 Å². The summed E-state index contributed by atoms with van der Waals surface area (Å²) >= 11 is 0. The summed E-state index contributed by atoms with van der Waals surface area (Å²) in [6.45, 7) is 0.270. The van der Waals surface area contributed by atoms with Crippen LogP contribution in [-0.2, 0) is 11.2 Å². The second-order valence-corrected chi connectivity index (χ2v) is 6.14. The van der Waals surface area contributed by atoms with Crippen molar-refractivity contribution < 1.29 is 31.9 Å². The van der Waals surface area contributed by atoms with Crippen LogP contribution in [0, 0.1) is 5.82 Å². The molecular weight excluding hydrogens is 394 g/mol. The first-order valence-electron chi connectivity index (χ1n) is 8.52. The van der Waals surface area contributed by atoms with Crippen LogP contribution in [0.2, 0.25) is 0 Å². The Labute approximate surface area is 164 Å². The van der Waals surface area contributed by atoms with E-state index in [4.69, 9.17) is 0 Å². The third-order valence-electron chi connectivity index (χ3n) is 3.72. The predicted molar refractivity (Wildman–Crippen MR) is 96.3 cm³/mol. The van der Waals surface area contributed by atoms with E-state index < -0.39 is 36.6 Å². The van der Waals surface area contributed by atoms with Crippen molar-refractivity contribution in [1.82, 2.24) is 16.2 Å². The summed E-state index contributed by atoms with van der Waals surface area (Å²) in [4.78, 5) is 23.7. The highest BCUT2D eigenvalue weighted by Crippen LogP contribution is 2.21. The molecule has 3 amide bonds. The van der Waals surface area contributed by atoms with Gasteiger partial charge in [-0.1, -0.05) is 24.3 Å². The van der Waals surface area contributed by atoms with Crippen LogP contribution in [-0.4, -0.2) is 24.7 Å². The topological polar surface area (TPSA) is 79.5 Å². The van der Waals surface area contributed by atoms with E-state index in [1.165, 1.54) is 48.5 Å². The predicted octanol–water partition coefficient (Wildman–Crippen LogP) is 3.40. The minimum absolute atomic E-state index is 0.0461. The van der Waals surface area contributed by atoms with Gasteiger partial charge in [0.25, 0.3) is 0 Å². The zero-order chi connectivity index (χ0) is 21.4. The molecule has 0 spiro atoms. The average molecular weight is 413 g/mol. The van der Waals surface area contributed by atoms with Crippen LogP contribution in [0.25, 0.3) is 0 Å². The zero-order valence-electron chi connectivity index (χ0n) is 15.3. The maximum atomic E-state index is 12.8. The van der Waals surface area contributed by atoms with Crippen LogP contribution < -0.4 is 20.9 Å². The lowest BCUT2D eigenvalue weighted by Gasteiger charge is -2.16. The molecule has 0 saturated heterocycles. The van der Waals surface area contributed by atoms with Gasteiger partial charge in [0.1, 0.15) is 11.6 Å². The number of amides is 3. The van der Waals surface area contributed by atoms with Crippen molar-refractivity contribution in [2.24, 2.45) is 0 Å². The standard InChI is InChI=1S/C19H19F4N3O3/c1-12(14-4-8-16(9-5-14)29-11-19(21,22)23)24-18(28)26-25-17(27)10-13-2-6-15(20)7-3-13/h2-9,12H,10-11H2,1H3,(H,25,27)(H2,24,26,28). The van der Waals surface area contributed by atoms with Gasteiger partial charge < -0.3 is 10.1 Å². The molecule has 0 aromatic heterocycles. The van der Waals surface area contributed by atoms with Gasteiger partial charge in [-0.15, -0.1) is 0 Å². The van der Waals surface area contributed by atoms with Crippen molar-refractivity contribution in [3.8, 4) is 5.75 Å². The number of urea groups is 1. The SMILES string of the molecule is CC(NC(=O)NNC(=O)Cc1ccc(F)cc1)c1ccc(OCC(F)(F)F)cc1. The van der Waals surface area contributed by atoms with Crippen molar-refractivity contribution in [2.45, 2.75) is 25.6 Å². The second-order valence-electron chi connectivity index (χ2n) is 6.14. The first kappa shape index (κ1) is 22.0. The summed E-state index contributed by atoms with van der Waals surface area (Å²) in [6, 6.07) is 9.96. The molecule has 29 heavy (non-hydrogen) atoms. The molecule has 6 nitrogen and oxygen atoms in total. The molecular formula is C19H19F4N3O3. The van der Waals surface area contributed by atoms with E-state index in [0.29, 0.717) is 11.1 Å². The number of hydrogen-bond donors (Lipinski definition) is 3. The number of rotatable bonds is 6. The van der Waals surface area contributed by atoms with Crippen LogP contribution in [0.15, 0.2) is 48.5 Å². The van der Waals surface area contributed by atoms with Crippen LogP contribution in [0.1, 0.15) is 24.1 Å². The molecule has 1 unspecified atom stereocenters. The number of benzene rings is 2. The third kappa shape index (κ3) is 8.08. The van der Waals surface area contributed by atoms with Crippen molar-refractivity contribution >= 4 is 11.9 Å². The first-order chi connectivity index (χ1) is 13.6. The molecule has 0 saturated carbocycles. The van der Waals surface area contributed by atoms with Gasteiger partial charge in [-0.25, -0.2) is 14.6 Å². The maximum Gasteiger partial charge on any atom is 0.422 e. The van der Waals surface area contributed by atoms with Crippen LogP contribution >= 0.6 is 0 Å². The van der Waals surface area contributed by atoms with Crippen LogP contribution in [0.4, 0.5) is 22.4 Å². The zero-order valence-corrected chi connectivity index (χ0v) is 15.3. The van der Waals surface area contributed by atoms with Gasteiger partial charge in [0, 0.05) is 0 Å². The molecule has 2 rings (SSSR count). The molecule has 0 aliphatic rings. The van der Waals surface area contributed by atoms with Gasteiger partial charge in [-0.3, -0.25) is 10.2 Å². The largest absolute Gasteiger partial charge is 0.484 e. The Morgan fingerprint density at radius 1 is 1.00 bits per heavy atom. The Morgan fingerprint density at radius 2 is 1.62 bits per heavy atom. The third-order valence-corrected chi connectivity index (χ3v) is 3.72. The molecule has 2 aromatic rings. The number of alkyl halides is 3. The maximum absolute atomic E-state index is 12.8. The number of hydrazine groups is 1. The van der Waals surface area contributed by atoms with E-state index in [2.05, 4.69) is 20.9 Å². The lowest BCUT2D eigenvalue weighted by Crippen LogP contribution is -2.47. The van der Waals surface area contributed by atoms with E-state index in [1.54, 1.807) is 6.92 Å². The average Bonchev–Trinajstić information content (AvgIpc) is 2.66. The highest BCUT2D eigenvalue weighted by molar-refractivity contribution is 5.82. The number of nitrogens with one attached hydrogen (secondary N) is 3. The molecule has 1 atom stereocenters. The molecule has 0 aliphatic heterocycles. The Kier molecular flexibility index (Phi) is 7.40. The van der Waals surface area contributed by atoms with Gasteiger partial charge in [0.15, 0.2) is 6.61 Å². The highest BCUT2D eigenvalue weighted by atomic mass is 19.4. The fourth-order valence-corrected chi connectivity index (χ4v) is 2.29. The lowest BCUT2D eigenvalue weighted by atomic mass is 10.1. The van der Waals surface area contributed by atoms with Gasteiger partial charge in [0.2, 0.25) is 5.91 Å². The van der Waals surface area contributed by atoms with Crippen molar-refractivity contribution in [3.05, 3.63) is 65.5 Å². The summed E-state index contributed by atoms with van der Waals surface area (Å²) < 4.78 is 53.8. The fraction of sp³-hybridized carbons (Fsp3) is 0.263. The molecule has 0 aliphatic carbocycles. The molecule has 3 N–H and O–H groups in total. The summed E-state index contributed by atoms with van der Waals surface area (Å²) in [7, 11) is 0. The second kappa shape index (κ2) is 9.76. The van der Waals surface area contributed by atoms with E-state index in [0.717, 1.165) is 0 Å². The highest BCUT2D eigenvalue weighted by Gasteiger charge is 2.28. The van der Waals surface area contributed by atoms with E-state index in [1.807, 2.05) is 0 Å². The number of hydrogen-bond acceptors (Lipinski definition) is 3. The molecule has 0 radical (unpaired) electrons. The number of halogens is 4. The van der Waals surface area contributed by atoms with E-state index in [9.17, 15) is 27.2 Å². The monoisotopic (exact) mass is 413 g/mol. The lowest BCUT2D eigenvalue weighted by molar-refractivity contribution is -0.153. The minimum Gasteiger partial charge on any atom is -0.484 e. The smallest absolute Gasteiger partial charge is 0.422 e.